The van der Waals surface area contributed by atoms with Gasteiger partial charge in [0, 0.05) is 17.7 Å². The van der Waals surface area contributed by atoms with E-state index in [9.17, 15) is 4.79 Å². The summed E-state index contributed by atoms with van der Waals surface area (Å²) in [6.45, 7) is 2.00. The van der Waals surface area contributed by atoms with E-state index in [-0.39, 0.29) is 5.91 Å². The molecule has 0 fully saturated rings. The lowest BCUT2D eigenvalue weighted by atomic mass is 10.0. The number of nitrogens with zero attached hydrogens (tertiary/aromatic N) is 1. The fourth-order valence-corrected chi connectivity index (χ4v) is 2.42. The van der Waals surface area contributed by atoms with E-state index in [1.165, 1.54) is 0 Å². The van der Waals surface area contributed by atoms with Gasteiger partial charge in [0.2, 0.25) is 6.10 Å². The largest absolute Gasteiger partial charge is 0.496 e. The Morgan fingerprint density at radius 2 is 1.96 bits per heavy atom. The molecule has 118 valence electrons. The van der Waals surface area contributed by atoms with Gasteiger partial charge in [-0.05, 0) is 31.2 Å². The van der Waals surface area contributed by atoms with E-state index >= 15 is 0 Å². The maximum atomic E-state index is 12.3. The van der Waals surface area contributed by atoms with Gasteiger partial charge >= 0.3 is 0 Å². The summed E-state index contributed by atoms with van der Waals surface area (Å²) in [4.78, 5) is 17.6. The van der Waals surface area contributed by atoms with E-state index in [2.05, 4.69) is 10.5 Å². The van der Waals surface area contributed by atoms with Crippen molar-refractivity contribution in [2.24, 2.45) is 5.16 Å². The average molecular weight is 310 g/mol. The molecule has 0 saturated carbocycles. The zero-order valence-corrected chi connectivity index (χ0v) is 13.1. The molecule has 5 heteroatoms. The number of oxime groups is 1. The molecule has 2 aromatic carbocycles. The van der Waals surface area contributed by atoms with Crippen LogP contribution in [0.5, 0.6) is 5.75 Å². The number of carbonyl (C=O) groups is 1. The third-order valence-corrected chi connectivity index (χ3v) is 3.70. The summed E-state index contributed by atoms with van der Waals surface area (Å²) in [5.41, 5.74) is 3.45. The highest BCUT2D eigenvalue weighted by atomic mass is 16.6. The van der Waals surface area contributed by atoms with Crippen molar-refractivity contribution in [2.45, 2.75) is 19.4 Å². The summed E-state index contributed by atoms with van der Waals surface area (Å²) in [6, 6.07) is 15.2. The highest BCUT2D eigenvalue weighted by Crippen LogP contribution is 2.25. The Balaban J connectivity index is 1.66. The number of ether oxygens (including phenoxy) is 1. The minimum atomic E-state index is -0.629. The molecule has 0 unspecified atom stereocenters. The van der Waals surface area contributed by atoms with E-state index in [0.29, 0.717) is 12.1 Å². The van der Waals surface area contributed by atoms with Crippen LogP contribution in [-0.4, -0.2) is 24.8 Å². The zero-order valence-electron chi connectivity index (χ0n) is 13.1. The van der Waals surface area contributed by atoms with E-state index in [0.717, 1.165) is 22.6 Å². The third kappa shape index (κ3) is 3.34. The van der Waals surface area contributed by atoms with Crippen LogP contribution < -0.4 is 10.1 Å². The van der Waals surface area contributed by atoms with Gasteiger partial charge in [-0.15, -0.1) is 0 Å². The fraction of sp³-hybridized carbons (Fsp3) is 0.222. The van der Waals surface area contributed by atoms with Crippen molar-refractivity contribution >= 4 is 17.3 Å². The first-order valence-electron chi connectivity index (χ1n) is 7.41. The monoisotopic (exact) mass is 310 g/mol. The minimum absolute atomic E-state index is 0.206. The maximum Gasteiger partial charge on any atom is 0.268 e. The van der Waals surface area contributed by atoms with Gasteiger partial charge in [0.1, 0.15) is 5.75 Å². The lowest BCUT2D eigenvalue weighted by Crippen LogP contribution is -2.28. The van der Waals surface area contributed by atoms with E-state index in [1.807, 2.05) is 55.5 Å². The Labute approximate surface area is 134 Å². The molecule has 1 amide bonds. The van der Waals surface area contributed by atoms with Crippen LogP contribution in [-0.2, 0) is 9.63 Å². The van der Waals surface area contributed by atoms with Gasteiger partial charge in [0.15, 0.2) is 0 Å². The molecule has 5 nitrogen and oxygen atoms in total. The smallest absolute Gasteiger partial charge is 0.268 e. The topological polar surface area (TPSA) is 59.9 Å². The second-order valence-electron chi connectivity index (χ2n) is 5.39. The standard InChI is InChI=1S/C18H18N2O3/c1-12-7-9-13(10-8-12)19-18(21)17-11-15(20-23-17)14-5-3-4-6-16(14)22-2/h3-10,17H,11H2,1-2H3,(H,19,21)/t17-/m0/s1. The number of hydrogen-bond donors (Lipinski definition) is 1. The van der Waals surface area contributed by atoms with E-state index in [1.54, 1.807) is 7.11 Å². The van der Waals surface area contributed by atoms with Gasteiger partial charge in [-0.25, -0.2) is 0 Å². The van der Waals surface area contributed by atoms with Crippen molar-refractivity contribution in [1.82, 2.24) is 0 Å². The lowest BCUT2D eigenvalue weighted by Gasteiger charge is -2.10. The number of methoxy groups -OCH3 is 1. The van der Waals surface area contributed by atoms with Crippen LogP contribution in [0, 0.1) is 6.92 Å². The molecular weight excluding hydrogens is 292 g/mol. The van der Waals surface area contributed by atoms with Crippen molar-refractivity contribution in [3.8, 4) is 5.75 Å². The number of para-hydroxylation sites is 1. The SMILES string of the molecule is COc1ccccc1C1=NO[C@H](C(=O)Nc2ccc(C)cc2)C1. The Hall–Kier alpha value is -2.82. The van der Waals surface area contributed by atoms with Gasteiger partial charge in [-0.1, -0.05) is 35.0 Å². The number of benzene rings is 2. The van der Waals surface area contributed by atoms with Crippen molar-refractivity contribution < 1.29 is 14.4 Å². The first kappa shape index (κ1) is 15.1. The molecule has 23 heavy (non-hydrogen) atoms. The number of aryl methyl sites for hydroxylation is 1. The highest BCUT2D eigenvalue weighted by Gasteiger charge is 2.30. The number of carbonyl (C=O) groups excluding carboxylic acids is 1. The molecule has 1 aliphatic heterocycles. The molecule has 1 N–H and O–H groups in total. The van der Waals surface area contributed by atoms with Crippen molar-refractivity contribution in [2.75, 3.05) is 12.4 Å². The number of anilines is 1. The van der Waals surface area contributed by atoms with Gasteiger partial charge in [0.05, 0.1) is 12.8 Å². The Kier molecular flexibility index (Phi) is 4.28. The van der Waals surface area contributed by atoms with Crippen LogP contribution in [0.3, 0.4) is 0 Å². The second kappa shape index (κ2) is 6.52. The summed E-state index contributed by atoms with van der Waals surface area (Å²) in [6.07, 6.45) is -0.214. The van der Waals surface area contributed by atoms with Crippen molar-refractivity contribution in [3.63, 3.8) is 0 Å². The predicted octanol–water partition coefficient (Wildman–Crippen LogP) is 3.14. The molecular formula is C18H18N2O3. The van der Waals surface area contributed by atoms with Crippen LogP contribution >= 0.6 is 0 Å². The summed E-state index contributed by atoms with van der Waals surface area (Å²) in [5, 5.41) is 6.89. The first-order chi connectivity index (χ1) is 11.2. The Morgan fingerprint density at radius 1 is 1.22 bits per heavy atom. The molecule has 1 atom stereocenters. The molecule has 3 rings (SSSR count). The van der Waals surface area contributed by atoms with Crippen LogP contribution in [0.25, 0.3) is 0 Å². The van der Waals surface area contributed by atoms with Crippen molar-refractivity contribution in [3.05, 3.63) is 59.7 Å². The fourth-order valence-electron chi connectivity index (χ4n) is 2.42. The molecule has 1 aliphatic rings. The van der Waals surface area contributed by atoms with E-state index < -0.39 is 6.10 Å². The zero-order chi connectivity index (χ0) is 16.2. The quantitative estimate of drug-likeness (QED) is 0.944. The van der Waals surface area contributed by atoms with Crippen LogP contribution in [0.2, 0.25) is 0 Å². The lowest BCUT2D eigenvalue weighted by molar-refractivity contribution is -0.125. The minimum Gasteiger partial charge on any atom is -0.496 e. The van der Waals surface area contributed by atoms with E-state index in [4.69, 9.17) is 9.57 Å². The summed E-state index contributed by atoms with van der Waals surface area (Å²) < 4.78 is 5.32. The molecule has 0 radical (unpaired) electrons. The Bertz CT molecular complexity index is 738. The van der Waals surface area contributed by atoms with Crippen LogP contribution in [0.15, 0.2) is 53.7 Å². The maximum absolute atomic E-state index is 12.3. The van der Waals surface area contributed by atoms with Crippen LogP contribution in [0.1, 0.15) is 17.5 Å². The molecule has 0 bridgehead atoms. The molecule has 0 aromatic heterocycles. The molecule has 0 saturated heterocycles. The summed E-state index contributed by atoms with van der Waals surface area (Å²) in [7, 11) is 1.61. The Morgan fingerprint density at radius 3 is 2.70 bits per heavy atom. The van der Waals surface area contributed by atoms with Gasteiger partial charge in [0.25, 0.3) is 5.91 Å². The second-order valence-corrected chi connectivity index (χ2v) is 5.39. The number of amides is 1. The van der Waals surface area contributed by atoms with Crippen molar-refractivity contribution in [1.29, 1.82) is 0 Å². The summed E-state index contributed by atoms with van der Waals surface area (Å²) in [5.74, 6) is 0.511. The molecule has 1 heterocycles. The number of nitrogens with one attached hydrogen (secondary N) is 1. The molecule has 2 aromatic rings. The van der Waals surface area contributed by atoms with Gasteiger partial charge in [-0.2, -0.15) is 0 Å². The first-order valence-corrected chi connectivity index (χ1v) is 7.41. The molecule has 0 spiro atoms. The van der Waals surface area contributed by atoms with Crippen LogP contribution in [0.4, 0.5) is 5.69 Å². The summed E-state index contributed by atoms with van der Waals surface area (Å²) >= 11 is 0. The predicted molar refractivity (Wildman–Crippen MR) is 88.8 cm³/mol. The van der Waals surface area contributed by atoms with Gasteiger partial charge in [-0.3, -0.25) is 4.79 Å². The third-order valence-electron chi connectivity index (χ3n) is 3.70. The number of hydrogen-bond acceptors (Lipinski definition) is 4. The van der Waals surface area contributed by atoms with Gasteiger partial charge < -0.3 is 14.9 Å². The normalized spacial score (nSPS) is 16.4. The average Bonchev–Trinajstić information content (AvgIpc) is 3.07. The number of rotatable bonds is 4. The molecule has 0 aliphatic carbocycles. The highest BCUT2D eigenvalue weighted by molar-refractivity contribution is 6.07.